The van der Waals surface area contributed by atoms with Gasteiger partial charge in [0.15, 0.2) is 11.6 Å². The van der Waals surface area contributed by atoms with E-state index in [2.05, 4.69) is 28.0 Å². The highest BCUT2D eigenvalue weighted by molar-refractivity contribution is 6.28. The van der Waals surface area contributed by atoms with E-state index < -0.39 is 0 Å². The molecule has 0 aliphatic carbocycles. The number of fused-ring (bicyclic) bond motifs is 1. The standard InChI is InChI=1S/C23H27ClN6O/c1-15(10-17(3)27-18(4)12-24)19-11-20-21(26-14-19)23(30-6-8-31-9-7-30)29-22(28-20)16(2)13-25-5/h10-11,13-14H,1-2,6-9,12H2,3-5H3/b17-10+,25-13?,27-18?. The van der Waals surface area contributed by atoms with Crippen LogP contribution in [0.2, 0.25) is 0 Å². The highest BCUT2D eigenvalue weighted by Crippen LogP contribution is 2.27. The van der Waals surface area contributed by atoms with E-state index in [-0.39, 0.29) is 0 Å². The van der Waals surface area contributed by atoms with Gasteiger partial charge in [0.05, 0.1) is 24.6 Å². The Bertz CT molecular complexity index is 1080. The molecule has 1 fully saturated rings. The Hall–Kier alpha value is -2.90. The Labute approximate surface area is 188 Å². The molecule has 0 N–H and O–H groups in total. The third-order valence-electron chi connectivity index (χ3n) is 4.71. The molecular formula is C23H27ClN6O. The van der Waals surface area contributed by atoms with E-state index in [1.54, 1.807) is 19.5 Å². The van der Waals surface area contributed by atoms with Gasteiger partial charge in [-0.25, -0.2) is 9.97 Å². The number of allylic oxidation sites excluding steroid dienone is 4. The number of rotatable bonds is 7. The molecule has 0 bridgehead atoms. The van der Waals surface area contributed by atoms with Gasteiger partial charge >= 0.3 is 0 Å². The van der Waals surface area contributed by atoms with Gasteiger partial charge in [-0.3, -0.25) is 15.0 Å². The molecule has 3 rings (SSSR count). The van der Waals surface area contributed by atoms with Crippen LogP contribution in [-0.4, -0.2) is 66.1 Å². The summed E-state index contributed by atoms with van der Waals surface area (Å²) >= 11 is 5.82. The molecular weight excluding hydrogens is 412 g/mol. The second kappa shape index (κ2) is 10.4. The molecule has 1 aliphatic heterocycles. The molecule has 31 heavy (non-hydrogen) atoms. The number of pyridine rings is 1. The molecule has 2 aromatic rings. The van der Waals surface area contributed by atoms with Crippen molar-refractivity contribution in [1.29, 1.82) is 0 Å². The number of aromatic nitrogens is 3. The second-order valence-electron chi connectivity index (χ2n) is 7.27. The highest BCUT2D eigenvalue weighted by atomic mass is 35.5. The van der Waals surface area contributed by atoms with Crippen molar-refractivity contribution in [2.24, 2.45) is 9.98 Å². The van der Waals surface area contributed by atoms with Crippen LogP contribution >= 0.6 is 11.6 Å². The fourth-order valence-corrected chi connectivity index (χ4v) is 3.29. The van der Waals surface area contributed by atoms with Crippen LogP contribution < -0.4 is 4.90 Å². The summed E-state index contributed by atoms with van der Waals surface area (Å²) in [7, 11) is 1.70. The molecule has 0 unspecified atom stereocenters. The van der Waals surface area contributed by atoms with Crippen molar-refractivity contribution in [3.63, 3.8) is 0 Å². The summed E-state index contributed by atoms with van der Waals surface area (Å²) in [6, 6.07) is 1.97. The summed E-state index contributed by atoms with van der Waals surface area (Å²) in [5.74, 6) is 1.70. The Morgan fingerprint density at radius 1 is 1.23 bits per heavy atom. The molecule has 0 saturated carbocycles. The van der Waals surface area contributed by atoms with E-state index in [0.717, 1.165) is 52.5 Å². The van der Waals surface area contributed by atoms with Crippen LogP contribution in [0, 0.1) is 0 Å². The summed E-state index contributed by atoms with van der Waals surface area (Å²) in [4.78, 5) is 24.8. The molecule has 8 heteroatoms. The van der Waals surface area contributed by atoms with Crippen molar-refractivity contribution in [3.8, 4) is 0 Å². The number of ether oxygens (including phenoxy) is 1. The predicted octanol–water partition coefficient (Wildman–Crippen LogP) is 4.19. The van der Waals surface area contributed by atoms with Crippen molar-refractivity contribution < 1.29 is 4.74 Å². The summed E-state index contributed by atoms with van der Waals surface area (Å²) in [6.45, 7) is 14.8. The smallest absolute Gasteiger partial charge is 0.163 e. The fraction of sp³-hybridized carbons (Fsp3) is 0.348. The fourth-order valence-electron chi connectivity index (χ4n) is 3.23. The van der Waals surface area contributed by atoms with Crippen molar-refractivity contribution in [2.45, 2.75) is 13.8 Å². The lowest BCUT2D eigenvalue weighted by Crippen LogP contribution is -2.37. The van der Waals surface area contributed by atoms with Crippen LogP contribution in [0.4, 0.5) is 5.82 Å². The molecule has 0 amide bonds. The average Bonchev–Trinajstić information content (AvgIpc) is 2.78. The monoisotopic (exact) mass is 438 g/mol. The topological polar surface area (TPSA) is 75.9 Å². The maximum absolute atomic E-state index is 5.82. The molecule has 162 valence electrons. The number of aliphatic imine (C=N–C) groups is 2. The Kier molecular flexibility index (Phi) is 7.65. The van der Waals surface area contributed by atoms with Crippen molar-refractivity contribution >= 4 is 51.5 Å². The number of anilines is 1. The quantitative estimate of drug-likeness (QED) is 0.368. The highest BCUT2D eigenvalue weighted by Gasteiger charge is 2.19. The van der Waals surface area contributed by atoms with Crippen LogP contribution in [0.15, 0.2) is 47.2 Å². The van der Waals surface area contributed by atoms with E-state index in [4.69, 9.17) is 31.3 Å². The molecule has 0 atom stereocenters. The van der Waals surface area contributed by atoms with E-state index in [0.29, 0.717) is 30.5 Å². The summed E-state index contributed by atoms with van der Waals surface area (Å²) in [6.07, 6.45) is 5.36. The van der Waals surface area contributed by atoms with Gasteiger partial charge < -0.3 is 9.64 Å². The van der Waals surface area contributed by atoms with Gasteiger partial charge in [0, 0.05) is 55.1 Å². The third-order valence-corrected chi connectivity index (χ3v) is 5.10. The van der Waals surface area contributed by atoms with Gasteiger partial charge in [-0.2, -0.15) is 0 Å². The molecule has 7 nitrogen and oxygen atoms in total. The minimum atomic E-state index is 0.393. The Morgan fingerprint density at radius 3 is 2.65 bits per heavy atom. The zero-order valence-corrected chi connectivity index (χ0v) is 19.0. The molecule has 3 heterocycles. The van der Waals surface area contributed by atoms with Crippen LogP contribution in [0.3, 0.4) is 0 Å². The number of hydrogen-bond acceptors (Lipinski definition) is 7. The summed E-state index contributed by atoms with van der Waals surface area (Å²) < 4.78 is 5.49. The number of hydrogen-bond donors (Lipinski definition) is 0. The largest absolute Gasteiger partial charge is 0.378 e. The molecule has 1 aliphatic rings. The van der Waals surface area contributed by atoms with E-state index >= 15 is 0 Å². The molecule has 2 aromatic heterocycles. The van der Waals surface area contributed by atoms with Gasteiger partial charge in [-0.05, 0) is 31.6 Å². The number of halogens is 1. The maximum atomic E-state index is 5.82. The van der Waals surface area contributed by atoms with E-state index in [1.165, 1.54) is 0 Å². The number of alkyl halides is 1. The molecule has 0 aromatic carbocycles. The second-order valence-corrected chi connectivity index (χ2v) is 7.53. The van der Waals surface area contributed by atoms with Gasteiger partial charge in [-0.1, -0.05) is 13.2 Å². The van der Waals surface area contributed by atoms with Crippen LogP contribution in [-0.2, 0) is 4.74 Å². The third kappa shape index (κ3) is 5.62. The lowest BCUT2D eigenvalue weighted by molar-refractivity contribution is 0.122. The van der Waals surface area contributed by atoms with Crippen LogP contribution in [0.5, 0.6) is 0 Å². The van der Waals surface area contributed by atoms with Gasteiger partial charge in [0.1, 0.15) is 5.52 Å². The van der Waals surface area contributed by atoms with E-state index in [9.17, 15) is 0 Å². The van der Waals surface area contributed by atoms with Crippen molar-refractivity contribution in [1.82, 2.24) is 15.0 Å². The van der Waals surface area contributed by atoms with Crippen molar-refractivity contribution in [2.75, 3.05) is 44.1 Å². The molecule has 0 radical (unpaired) electrons. The normalized spacial score (nSPS) is 15.7. The number of morpholine rings is 1. The summed E-state index contributed by atoms with van der Waals surface area (Å²) in [5.41, 5.74) is 5.43. The summed E-state index contributed by atoms with van der Waals surface area (Å²) in [5, 5.41) is 0. The average molecular weight is 439 g/mol. The van der Waals surface area contributed by atoms with Crippen molar-refractivity contribution in [3.05, 3.63) is 48.6 Å². The first-order valence-electron chi connectivity index (χ1n) is 10.0. The lowest BCUT2D eigenvalue weighted by atomic mass is 10.1. The SMILES string of the molecule is C=C(/C=C(\C)N=C(C)CCl)c1cnc2c(N3CCOCC3)nc(C(=C)C=NC)nc2c1. The van der Waals surface area contributed by atoms with Crippen LogP contribution in [0.1, 0.15) is 25.2 Å². The Morgan fingerprint density at radius 2 is 1.97 bits per heavy atom. The lowest BCUT2D eigenvalue weighted by Gasteiger charge is -2.28. The first-order chi connectivity index (χ1) is 14.9. The Balaban J connectivity index is 2.06. The first kappa shape index (κ1) is 22.8. The van der Waals surface area contributed by atoms with Gasteiger partial charge in [0.2, 0.25) is 0 Å². The van der Waals surface area contributed by atoms with Gasteiger partial charge in [0.25, 0.3) is 0 Å². The maximum Gasteiger partial charge on any atom is 0.163 e. The molecule has 0 spiro atoms. The number of nitrogens with zero attached hydrogens (tertiary/aromatic N) is 6. The molecule has 1 saturated heterocycles. The van der Waals surface area contributed by atoms with Gasteiger partial charge in [-0.15, -0.1) is 11.6 Å². The zero-order chi connectivity index (χ0) is 22.4. The van der Waals surface area contributed by atoms with E-state index in [1.807, 2.05) is 26.0 Å². The van der Waals surface area contributed by atoms with Crippen LogP contribution in [0.25, 0.3) is 22.2 Å². The zero-order valence-electron chi connectivity index (χ0n) is 18.2. The minimum Gasteiger partial charge on any atom is -0.378 e. The predicted molar refractivity (Wildman–Crippen MR) is 130 cm³/mol. The first-order valence-corrected chi connectivity index (χ1v) is 10.6. The minimum absolute atomic E-state index is 0.393.